The Morgan fingerprint density at radius 2 is 1.90 bits per heavy atom. The van der Waals surface area contributed by atoms with Crippen molar-refractivity contribution in [1.82, 2.24) is 19.6 Å². The van der Waals surface area contributed by atoms with Gasteiger partial charge in [-0.15, -0.1) is 0 Å². The first-order chi connectivity index (χ1) is 14.2. The number of hydrogen-bond acceptors (Lipinski definition) is 7. The average Bonchev–Trinajstić information content (AvgIpc) is 3.16. The normalized spacial score (nSPS) is 24.4. The molecule has 0 bridgehead atoms. The third-order valence-corrected chi connectivity index (χ3v) is 7.34. The maximum atomic E-state index is 11.9. The summed E-state index contributed by atoms with van der Waals surface area (Å²) in [4.78, 5) is 20.8. The molecule has 0 spiro atoms. The fraction of sp³-hybridized carbons (Fsp3) is 0.750. The molecule has 10 heteroatoms. The van der Waals surface area contributed by atoms with E-state index in [1.54, 1.807) is 0 Å². The number of anilines is 1. The topological polar surface area (TPSA) is 114 Å². The van der Waals surface area contributed by atoms with Crippen LogP contribution >= 0.6 is 0 Å². The van der Waals surface area contributed by atoms with Crippen molar-refractivity contribution in [2.24, 2.45) is 0 Å². The fourth-order valence-corrected chi connectivity index (χ4v) is 4.85. The van der Waals surface area contributed by atoms with E-state index in [9.17, 15) is 13.2 Å². The largest absolute Gasteiger partial charge is 0.446 e. The Hall–Kier alpha value is -1.94. The first kappa shape index (κ1) is 22.7. The summed E-state index contributed by atoms with van der Waals surface area (Å²) in [6.07, 6.45) is 9.44. The Bertz CT molecular complexity index is 809. The standard InChI is InChI=1S/C20H33N5O4S/c1-4-14(2)23-20(26)29-18-6-5-15(11-18)16-12-21-19(22-13-16)24-17-7-9-25(10-8-17)30(3,27)28/h12-15,17-18H,4-11H2,1-3H3,(H,23,26)(H,21,22,24)/t14-,15-,18+/m0/s1. The second-order valence-electron chi connectivity index (χ2n) is 8.41. The van der Waals surface area contributed by atoms with E-state index in [0.717, 1.165) is 44.1 Å². The first-order valence-corrected chi connectivity index (χ1v) is 12.6. The van der Waals surface area contributed by atoms with Crippen LogP contribution in [0.25, 0.3) is 0 Å². The van der Waals surface area contributed by atoms with Crippen molar-refractivity contribution in [3.63, 3.8) is 0 Å². The minimum absolute atomic E-state index is 0.0723. The number of rotatable bonds is 7. The molecule has 1 saturated heterocycles. The summed E-state index contributed by atoms with van der Waals surface area (Å²) >= 11 is 0. The van der Waals surface area contributed by atoms with Gasteiger partial charge in [-0.3, -0.25) is 0 Å². The van der Waals surface area contributed by atoms with Crippen LogP contribution < -0.4 is 10.6 Å². The van der Waals surface area contributed by atoms with Gasteiger partial charge >= 0.3 is 6.09 Å². The van der Waals surface area contributed by atoms with E-state index in [-0.39, 0.29) is 24.3 Å². The van der Waals surface area contributed by atoms with E-state index < -0.39 is 10.0 Å². The van der Waals surface area contributed by atoms with Crippen LogP contribution in [0.5, 0.6) is 0 Å². The Labute approximate surface area is 179 Å². The van der Waals surface area contributed by atoms with Crippen molar-refractivity contribution in [1.29, 1.82) is 0 Å². The van der Waals surface area contributed by atoms with Gasteiger partial charge in [0.2, 0.25) is 16.0 Å². The number of hydrogen-bond donors (Lipinski definition) is 2. The number of amides is 1. The van der Waals surface area contributed by atoms with Gasteiger partial charge in [0.15, 0.2) is 0 Å². The third kappa shape index (κ3) is 6.28. The second kappa shape index (κ2) is 9.91. The molecule has 0 unspecified atom stereocenters. The zero-order valence-corrected chi connectivity index (χ0v) is 18.8. The molecule has 2 heterocycles. The lowest BCUT2D eigenvalue weighted by atomic mass is 10.0. The van der Waals surface area contributed by atoms with Gasteiger partial charge in [-0.1, -0.05) is 6.92 Å². The molecule has 1 aromatic rings. The van der Waals surface area contributed by atoms with Crippen molar-refractivity contribution in [3.05, 3.63) is 18.0 Å². The maximum absolute atomic E-state index is 11.9. The zero-order valence-electron chi connectivity index (χ0n) is 18.0. The van der Waals surface area contributed by atoms with Crippen molar-refractivity contribution < 1.29 is 17.9 Å². The molecule has 2 fully saturated rings. The number of nitrogens with one attached hydrogen (secondary N) is 2. The summed E-state index contributed by atoms with van der Waals surface area (Å²) in [6, 6.07) is 0.281. The Kier molecular flexibility index (Phi) is 7.51. The first-order valence-electron chi connectivity index (χ1n) is 10.7. The van der Waals surface area contributed by atoms with Crippen molar-refractivity contribution in [2.75, 3.05) is 24.7 Å². The summed E-state index contributed by atoms with van der Waals surface area (Å²) in [5.74, 6) is 0.855. The van der Waals surface area contributed by atoms with Gasteiger partial charge in [0.1, 0.15) is 6.10 Å². The lowest BCUT2D eigenvalue weighted by Crippen LogP contribution is -2.42. The molecule has 2 aliphatic rings. The van der Waals surface area contributed by atoms with Gasteiger partial charge in [0.25, 0.3) is 0 Å². The number of ether oxygens (including phenoxy) is 1. The van der Waals surface area contributed by atoms with Crippen LogP contribution in [0, 0.1) is 0 Å². The van der Waals surface area contributed by atoms with E-state index in [4.69, 9.17) is 4.74 Å². The highest BCUT2D eigenvalue weighted by atomic mass is 32.2. The number of alkyl carbamates (subject to hydrolysis) is 1. The lowest BCUT2D eigenvalue weighted by Gasteiger charge is -2.30. The van der Waals surface area contributed by atoms with Crippen molar-refractivity contribution >= 4 is 22.1 Å². The van der Waals surface area contributed by atoms with E-state index in [2.05, 4.69) is 20.6 Å². The van der Waals surface area contributed by atoms with E-state index in [0.29, 0.717) is 25.0 Å². The van der Waals surface area contributed by atoms with Crippen LogP contribution in [0.2, 0.25) is 0 Å². The average molecular weight is 440 g/mol. The third-order valence-electron chi connectivity index (χ3n) is 6.03. The number of sulfonamides is 1. The predicted molar refractivity (Wildman–Crippen MR) is 115 cm³/mol. The van der Waals surface area contributed by atoms with Gasteiger partial charge in [0.05, 0.1) is 6.26 Å². The van der Waals surface area contributed by atoms with Gasteiger partial charge in [-0.25, -0.2) is 27.5 Å². The Morgan fingerprint density at radius 1 is 1.23 bits per heavy atom. The molecule has 1 saturated carbocycles. The van der Waals surface area contributed by atoms with Crippen molar-refractivity contribution in [2.45, 2.75) is 76.5 Å². The van der Waals surface area contributed by atoms with E-state index in [1.807, 2.05) is 26.2 Å². The van der Waals surface area contributed by atoms with Crippen LogP contribution in [-0.4, -0.2) is 66.3 Å². The number of nitrogens with zero attached hydrogens (tertiary/aromatic N) is 3. The molecule has 0 radical (unpaired) electrons. The molecule has 3 rings (SSSR count). The monoisotopic (exact) mass is 439 g/mol. The maximum Gasteiger partial charge on any atom is 0.407 e. The molecule has 1 aliphatic heterocycles. The van der Waals surface area contributed by atoms with Crippen LogP contribution in [0.3, 0.4) is 0 Å². The molecule has 0 aromatic carbocycles. The lowest BCUT2D eigenvalue weighted by molar-refractivity contribution is 0.0975. The molecule has 1 amide bonds. The molecular formula is C20H33N5O4S. The molecule has 9 nitrogen and oxygen atoms in total. The van der Waals surface area contributed by atoms with Crippen molar-refractivity contribution in [3.8, 4) is 0 Å². The number of aromatic nitrogens is 2. The highest BCUT2D eigenvalue weighted by Crippen LogP contribution is 2.35. The summed E-state index contributed by atoms with van der Waals surface area (Å²) in [7, 11) is -3.12. The summed E-state index contributed by atoms with van der Waals surface area (Å²) in [5, 5.41) is 6.15. The summed E-state index contributed by atoms with van der Waals surface area (Å²) < 4.78 is 30.3. The summed E-state index contributed by atoms with van der Waals surface area (Å²) in [6.45, 7) is 5.01. The molecule has 1 aromatic heterocycles. The van der Waals surface area contributed by atoms with Gasteiger partial charge in [-0.2, -0.15) is 0 Å². The molecule has 1 aliphatic carbocycles. The highest BCUT2D eigenvalue weighted by Gasteiger charge is 2.30. The Balaban J connectivity index is 1.45. The van der Waals surface area contributed by atoms with E-state index in [1.165, 1.54) is 10.6 Å². The van der Waals surface area contributed by atoms with Crippen LogP contribution in [0.1, 0.15) is 63.9 Å². The zero-order chi connectivity index (χ0) is 21.7. The Morgan fingerprint density at radius 3 is 2.50 bits per heavy atom. The molecule has 30 heavy (non-hydrogen) atoms. The van der Waals surface area contributed by atoms with Crippen LogP contribution in [0.15, 0.2) is 12.4 Å². The quantitative estimate of drug-likeness (QED) is 0.671. The smallest absolute Gasteiger partial charge is 0.407 e. The van der Waals surface area contributed by atoms with Gasteiger partial charge in [0, 0.05) is 37.6 Å². The molecular weight excluding hydrogens is 406 g/mol. The SMILES string of the molecule is CC[C@H](C)NC(=O)O[C@@H]1CC[C@H](c2cnc(NC3CCN(S(C)(=O)=O)CC3)nc2)C1. The number of carbonyl (C=O) groups is 1. The van der Waals surface area contributed by atoms with Gasteiger partial charge in [-0.05, 0) is 56.9 Å². The molecule has 168 valence electrons. The molecule has 2 N–H and O–H groups in total. The minimum Gasteiger partial charge on any atom is -0.446 e. The van der Waals surface area contributed by atoms with E-state index >= 15 is 0 Å². The van der Waals surface area contributed by atoms with Crippen LogP contribution in [0.4, 0.5) is 10.7 Å². The highest BCUT2D eigenvalue weighted by molar-refractivity contribution is 7.88. The molecule has 3 atom stereocenters. The number of carbonyl (C=O) groups excluding carboxylic acids is 1. The predicted octanol–water partition coefficient (Wildman–Crippen LogP) is 2.47. The van der Waals surface area contributed by atoms with Gasteiger partial charge < -0.3 is 15.4 Å². The van der Waals surface area contributed by atoms with Crippen LogP contribution in [-0.2, 0) is 14.8 Å². The number of piperidine rings is 1. The fourth-order valence-electron chi connectivity index (χ4n) is 3.98. The second-order valence-corrected chi connectivity index (χ2v) is 10.4. The summed E-state index contributed by atoms with van der Waals surface area (Å²) in [5.41, 5.74) is 1.06. The minimum atomic E-state index is -3.12.